The molecular weight excluding hydrogens is 264 g/mol. The summed E-state index contributed by atoms with van der Waals surface area (Å²) < 4.78 is 26.9. The van der Waals surface area contributed by atoms with Gasteiger partial charge in [-0.25, -0.2) is 8.42 Å². The van der Waals surface area contributed by atoms with Gasteiger partial charge in [0.15, 0.2) is 0 Å². The smallest absolute Gasteiger partial charge is 0.246 e. The van der Waals surface area contributed by atoms with Crippen LogP contribution in [0, 0.1) is 0 Å². The van der Waals surface area contributed by atoms with Gasteiger partial charge in [-0.1, -0.05) is 0 Å². The molecule has 2 heterocycles. The van der Waals surface area contributed by atoms with Gasteiger partial charge in [-0.2, -0.15) is 4.31 Å². The first-order valence-corrected chi connectivity index (χ1v) is 7.80. The van der Waals surface area contributed by atoms with E-state index in [1.54, 1.807) is 23.6 Å². The summed E-state index contributed by atoms with van der Waals surface area (Å²) in [6.45, 7) is 2.77. The predicted octanol–water partition coefficient (Wildman–Crippen LogP) is 0.450. The number of rotatable bonds is 3. The summed E-state index contributed by atoms with van der Waals surface area (Å²) in [4.78, 5) is 6.34. The van der Waals surface area contributed by atoms with E-state index < -0.39 is 10.0 Å². The average molecular weight is 284 g/mol. The molecule has 2 rings (SSSR count). The molecule has 0 radical (unpaired) electrons. The molecule has 1 aromatic rings. The van der Waals surface area contributed by atoms with E-state index in [1.165, 1.54) is 6.20 Å². The monoisotopic (exact) mass is 284 g/mol. The third kappa shape index (κ3) is 3.05. The fourth-order valence-corrected chi connectivity index (χ4v) is 3.81. The summed E-state index contributed by atoms with van der Waals surface area (Å²) >= 11 is 0. The predicted molar refractivity (Wildman–Crippen MR) is 74.7 cm³/mol. The van der Waals surface area contributed by atoms with Crippen molar-refractivity contribution in [3.63, 3.8) is 0 Å². The Morgan fingerprint density at radius 1 is 1.26 bits per heavy atom. The molecular formula is C12H20N4O2S. The number of hydrogen-bond donors (Lipinski definition) is 1. The van der Waals surface area contributed by atoms with Gasteiger partial charge in [0.1, 0.15) is 4.90 Å². The second-order valence-corrected chi connectivity index (χ2v) is 6.59. The topological polar surface area (TPSA) is 65.5 Å². The van der Waals surface area contributed by atoms with Crippen molar-refractivity contribution in [1.29, 1.82) is 0 Å². The lowest BCUT2D eigenvalue weighted by molar-refractivity contribution is 0.347. The molecule has 0 amide bonds. The van der Waals surface area contributed by atoms with Crippen LogP contribution in [-0.4, -0.2) is 62.9 Å². The Morgan fingerprint density at radius 3 is 2.79 bits per heavy atom. The molecule has 0 saturated carbocycles. The minimum absolute atomic E-state index is 0.252. The van der Waals surface area contributed by atoms with Crippen LogP contribution >= 0.6 is 0 Å². The quantitative estimate of drug-likeness (QED) is 0.873. The second-order valence-electron chi connectivity index (χ2n) is 4.68. The lowest BCUT2D eigenvalue weighted by Crippen LogP contribution is -2.34. The zero-order valence-electron chi connectivity index (χ0n) is 11.3. The minimum Gasteiger partial charge on any atom is -0.387 e. The van der Waals surface area contributed by atoms with Crippen LogP contribution in [0.2, 0.25) is 0 Å². The van der Waals surface area contributed by atoms with Gasteiger partial charge in [0, 0.05) is 39.1 Å². The third-order valence-corrected chi connectivity index (χ3v) is 5.28. The number of hydrogen-bond acceptors (Lipinski definition) is 5. The first-order valence-electron chi connectivity index (χ1n) is 6.36. The van der Waals surface area contributed by atoms with Gasteiger partial charge in [-0.3, -0.25) is 4.98 Å². The van der Waals surface area contributed by atoms with Crippen LogP contribution in [0.4, 0.5) is 5.69 Å². The van der Waals surface area contributed by atoms with Crippen molar-refractivity contribution in [2.75, 3.05) is 45.6 Å². The molecule has 19 heavy (non-hydrogen) atoms. The Balaban J connectivity index is 2.31. The lowest BCUT2D eigenvalue weighted by Gasteiger charge is -2.21. The van der Waals surface area contributed by atoms with E-state index in [4.69, 9.17) is 0 Å². The van der Waals surface area contributed by atoms with Gasteiger partial charge in [0.25, 0.3) is 0 Å². The van der Waals surface area contributed by atoms with E-state index in [1.807, 2.05) is 7.05 Å². The molecule has 0 aromatic carbocycles. The molecule has 1 fully saturated rings. The first kappa shape index (κ1) is 14.2. The molecule has 1 N–H and O–H groups in total. The third-order valence-electron chi connectivity index (χ3n) is 3.35. The standard InChI is InChI=1S/C12H20N4O2S/c1-13-11-4-5-14-10-12(11)19(17,18)16-7-3-6-15(2)8-9-16/h4-5,10H,3,6-9H2,1-2H3,(H,13,14). The maximum Gasteiger partial charge on any atom is 0.246 e. The van der Waals surface area contributed by atoms with Crippen molar-refractivity contribution < 1.29 is 8.42 Å². The van der Waals surface area contributed by atoms with Crippen molar-refractivity contribution in [3.05, 3.63) is 18.5 Å². The number of anilines is 1. The van der Waals surface area contributed by atoms with Gasteiger partial charge >= 0.3 is 0 Å². The molecule has 1 aliphatic heterocycles. The Kier molecular flexibility index (Phi) is 4.38. The summed E-state index contributed by atoms with van der Waals surface area (Å²) in [5, 5.41) is 2.91. The second kappa shape index (κ2) is 5.85. The molecule has 7 heteroatoms. The molecule has 1 saturated heterocycles. The normalized spacial score (nSPS) is 19.1. The number of nitrogens with zero attached hydrogens (tertiary/aromatic N) is 3. The number of nitrogens with one attached hydrogen (secondary N) is 1. The molecule has 0 unspecified atom stereocenters. The number of pyridine rings is 1. The molecule has 0 atom stereocenters. The fraction of sp³-hybridized carbons (Fsp3) is 0.583. The van der Waals surface area contributed by atoms with E-state index in [9.17, 15) is 8.42 Å². The maximum atomic E-state index is 12.7. The highest BCUT2D eigenvalue weighted by Gasteiger charge is 2.28. The summed E-state index contributed by atoms with van der Waals surface area (Å²) in [6.07, 6.45) is 3.85. The van der Waals surface area contributed by atoms with Gasteiger partial charge in [0.05, 0.1) is 5.69 Å². The van der Waals surface area contributed by atoms with E-state index in [0.717, 1.165) is 19.5 Å². The molecule has 0 aliphatic carbocycles. The van der Waals surface area contributed by atoms with Gasteiger partial charge in [-0.15, -0.1) is 0 Å². The van der Waals surface area contributed by atoms with Crippen molar-refractivity contribution in [3.8, 4) is 0 Å². The molecule has 6 nitrogen and oxygen atoms in total. The van der Waals surface area contributed by atoms with Crippen molar-refractivity contribution in [1.82, 2.24) is 14.2 Å². The van der Waals surface area contributed by atoms with Crippen molar-refractivity contribution in [2.45, 2.75) is 11.3 Å². The van der Waals surface area contributed by atoms with Crippen LogP contribution in [-0.2, 0) is 10.0 Å². The first-order chi connectivity index (χ1) is 9.05. The molecule has 106 valence electrons. The van der Waals surface area contributed by atoms with Crippen molar-refractivity contribution in [2.24, 2.45) is 0 Å². The summed E-state index contributed by atoms with van der Waals surface area (Å²) in [6, 6.07) is 1.68. The highest BCUT2D eigenvalue weighted by molar-refractivity contribution is 7.89. The SMILES string of the molecule is CNc1ccncc1S(=O)(=O)N1CCCN(C)CC1. The number of aromatic nitrogens is 1. The Morgan fingerprint density at radius 2 is 2.05 bits per heavy atom. The van der Waals surface area contributed by atoms with Crippen LogP contribution < -0.4 is 5.32 Å². The van der Waals surface area contributed by atoms with E-state index in [-0.39, 0.29) is 4.90 Å². The van der Waals surface area contributed by atoms with Crippen LogP contribution in [0.3, 0.4) is 0 Å². The molecule has 1 aromatic heterocycles. The Hall–Kier alpha value is -1.18. The fourth-order valence-electron chi connectivity index (χ4n) is 2.19. The largest absolute Gasteiger partial charge is 0.387 e. The van der Waals surface area contributed by atoms with Crippen LogP contribution in [0.15, 0.2) is 23.4 Å². The van der Waals surface area contributed by atoms with Crippen LogP contribution in [0.5, 0.6) is 0 Å². The number of likely N-dealkylation sites (N-methyl/N-ethyl adjacent to an activating group) is 1. The average Bonchev–Trinajstić information content (AvgIpc) is 2.64. The van der Waals surface area contributed by atoms with Gasteiger partial charge in [0.2, 0.25) is 10.0 Å². The summed E-state index contributed by atoms with van der Waals surface area (Å²) in [5.41, 5.74) is 0.590. The van der Waals surface area contributed by atoms with Gasteiger partial charge in [-0.05, 0) is 26.1 Å². The van der Waals surface area contributed by atoms with E-state index >= 15 is 0 Å². The molecule has 0 bridgehead atoms. The Bertz CT molecular complexity index is 532. The molecule has 0 spiro atoms. The highest BCUT2D eigenvalue weighted by atomic mass is 32.2. The highest BCUT2D eigenvalue weighted by Crippen LogP contribution is 2.23. The molecule has 1 aliphatic rings. The maximum absolute atomic E-state index is 12.7. The van der Waals surface area contributed by atoms with Crippen molar-refractivity contribution >= 4 is 15.7 Å². The Labute approximate surface area is 114 Å². The summed E-state index contributed by atoms with van der Waals surface area (Å²) in [5.74, 6) is 0. The zero-order valence-corrected chi connectivity index (χ0v) is 12.2. The van der Waals surface area contributed by atoms with E-state index in [2.05, 4.69) is 15.2 Å². The van der Waals surface area contributed by atoms with Crippen LogP contribution in [0.1, 0.15) is 6.42 Å². The number of sulfonamides is 1. The summed E-state index contributed by atoms with van der Waals surface area (Å²) in [7, 11) is 0.256. The lowest BCUT2D eigenvalue weighted by atomic mass is 10.4. The zero-order chi connectivity index (χ0) is 13.9. The van der Waals surface area contributed by atoms with E-state index in [0.29, 0.717) is 18.8 Å². The van der Waals surface area contributed by atoms with Crippen LogP contribution in [0.25, 0.3) is 0 Å². The minimum atomic E-state index is -3.47. The van der Waals surface area contributed by atoms with Gasteiger partial charge < -0.3 is 10.2 Å².